The maximum Gasteiger partial charge on any atom is 0.456 e. The van der Waals surface area contributed by atoms with Gasteiger partial charge in [-0.25, -0.2) is 4.79 Å². The van der Waals surface area contributed by atoms with Crippen LogP contribution in [0.4, 0.5) is 27.7 Å². The number of alkyl halides is 4. The summed E-state index contributed by atoms with van der Waals surface area (Å²) in [6.45, 7) is 0. The molecule has 8 heteroatoms. The summed E-state index contributed by atoms with van der Waals surface area (Å²) in [5, 5.41) is 6.76. The van der Waals surface area contributed by atoms with Crippen LogP contribution in [0.1, 0.15) is 0 Å². The van der Waals surface area contributed by atoms with Crippen LogP contribution >= 0.6 is 0 Å². The number of anilines is 1. The Labute approximate surface area is 92.0 Å². The second-order valence-electron chi connectivity index (χ2n) is 3.04. The maximum atomic E-state index is 13.3. The van der Waals surface area contributed by atoms with Gasteiger partial charge in [0.05, 0.1) is 5.69 Å². The van der Waals surface area contributed by atoms with Crippen molar-refractivity contribution in [2.75, 3.05) is 5.12 Å². The first-order valence-electron chi connectivity index (χ1n) is 4.21. The number of para-hydroxylation sites is 1. The summed E-state index contributed by atoms with van der Waals surface area (Å²) < 4.78 is 63.4. The van der Waals surface area contributed by atoms with Crippen LogP contribution in [-0.2, 0) is 4.79 Å². The Balaban J connectivity index is 3.23. The van der Waals surface area contributed by atoms with E-state index >= 15 is 0 Å². The molecule has 0 aliphatic heterocycles. The largest absolute Gasteiger partial charge is 0.477 e. The summed E-state index contributed by atoms with van der Waals surface area (Å²) in [5.41, 5.74) is -0.852. The van der Waals surface area contributed by atoms with Gasteiger partial charge in [-0.15, -0.1) is 0 Å². The number of hydrogen-bond acceptors (Lipinski definition) is 2. The van der Waals surface area contributed by atoms with E-state index in [-0.39, 0.29) is 0 Å². The van der Waals surface area contributed by atoms with Crippen LogP contribution in [0.5, 0.6) is 0 Å². The average molecular weight is 255 g/mol. The number of aliphatic carboxylic acids is 1. The molecule has 1 rings (SSSR count). The second kappa shape index (κ2) is 4.19. The normalized spacial score (nSPS) is 15.1. The molecule has 0 fully saturated rings. The molecule has 1 atom stereocenters. The average Bonchev–Trinajstić information content (AvgIpc) is 2.26. The fourth-order valence-corrected chi connectivity index (χ4v) is 1.05. The fourth-order valence-electron chi connectivity index (χ4n) is 1.05. The van der Waals surface area contributed by atoms with Crippen molar-refractivity contribution in [1.29, 1.82) is 0 Å². The van der Waals surface area contributed by atoms with E-state index in [1.165, 1.54) is 6.07 Å². The zero-order valence-electron chi connectivity index (χ0n) is 8.08. The summed E-state index contributed by atoms with van der Waals surface area (Å²) >= 11 is 0. The molecule has 0 aromatic heterocycles. The molecule has 0 heterocycles. The number of halogens is 5. The fraction of sp³-hybridized carbons (Fsp3) is 0.222. The van der Waals surface area contributed by atoms with Crippen molar-refractivity contribution in [3.63, 3.8) is 0 Å². The summed E-state index contributed by atoms with van der Waals surface area (Å²) in [6.07, 6.45) is -5.91. The van der Waals surface area contributed by atoms with Gasteiger partial charge in [0, 0.05) is 0 Å². The minimum absolute atomic E-state index is 0.809. The first kappa shape index (κ1) is 13.2. The molecule has 0 unspecified atom stereocenters. The van der Waals surface area contributed by atoms with E-state index in [0.717, 1.165) is 24.3 Å². The molecule has 94 valence electrons. The van der Waals surface area contributed by atoms with E-state index in [9.17, 15) is 26.8 Å². The summed E-state index contributed by atoms with van der Waals surface area (Å²) in [4.78, 5) is 10.3. The number of hydrogen-bond donors (Lipinski definition) is 1. The van der Waals surface area contributed by atoms with Crippen LogP contribution in [0.15, 0.2) is 30.3 Å². The summed E-state index contributed by atoms with van der Waals surface area (Å²) in [7, 11) is 0. The van der Waals surface area contributed by atoms with Gasteiger partial charge in [0.2, 0.25) is 0 Å². The van der Waals surface area contributed by atoms with Gasteiger partial charge in [0.1, 0.15) is 0 Å². The SMILES string of the molecule is O=C(O)[C@@](F)(N(F)c1ccccc1)C(F)(F)F. The molecular formula is C9H6F5NO2. The van der Waals surface area contributed by atoms with Crippen molar-refractivity contribution in [1.82, 2.24) is 0 Å². The first-order valence-corrected chi connectivity index (χ1v) is 4.21. The van der Waals surface area contributed by atoms with E-state index < -0.39 is 28.7 Å². The van der Waals surface area contributed by atoms with Crippen molar-refractivity contribution >= 4 is 11.7 Å². The number of carboxylic acid groups (broad SMARTS) is 1. The highest BCUT2D eigenvalue weighted by atomic mass is 19.4. The lowest BCUT2D eigenvalue weighted by Crippen LogP contribution is -2.58. The van der Waals surface area contributed by atoms with Gasteiger partial charge in [0.25, 0.3) is 0 Å². The Morgan fingerprint density at radius 3 is 1.94 bits per heavy atom. The molecular weight excluding hydrogens is 249 g/mol. The first-order chi connectivity index (χ1) is 7.71. The molecule has 0 amide bonds. The predicted octanol–water partition coefficient (Wildman–Crippen LogP) is 2.69. The van der Waals surface area contributed by atoms with Crippen LogP contribution in [0.2, 0.25) is 0 Å². The third kappa shape index (κ3) is 2.15. The minimum Gasteiger partial charge on any atom is -0.477 e. The number of benzene rings is 1. The monoisotopic (exact) mass is 255 g/mol. The van der Waals surface area contributed by atoms with Gasteiger partial charge in [-0.2, -0.15) is 22.7 Å². The molecule has 0 bridgehead atoms. The molecule has 0 saturated heterocycles. The summed E-state index contributed by atoms with van der Waals surface area (Å²) in [5.74, 6) is -8.09. The maximum absolute atomic E-state index is 13.3. The lowest BCUT2D eigenvalue weighted by molar-refractivity contribution is -0.244. The molecule has 0 aliphatic rings. The Hall–Kier alpha value is -1.86. The predicted molar refractivity (Wildman–Crippen MR) is 47.6 cm³/mol. The van der Waals surface area contributed by atoms with Gasteiger partial charge in [-0.1, -0.05) is 22.7 Å². The molecule has 1 aromatic carbocycles. The molecule has 0 radical (unpaired) electrons. The highest BCUT2D eigenvalue weighted by Gasteiger charge is 2.68. The van der Waals surface area contributed by atoms with Crippen molar-refractivity contribution in [3.05, 3.63) is 30.3 Å². The number of rotatable bonds is 3. The topological polar surface area (TPSA) is 40.5 Å². The number of carboxylic acids is 1. The van der Waals surface area contributed by atoms with E-state index in [2.05, 4.69) is 0 Å². The van der Waals surface area contributed by atoms with Gasteiger partial charge in [0.15, 0.2) is 0 Å². The third-order valence-corrected chi connectivity index (χ3v) is 1.91. The highest BCUT2D eigenvalue weighted by Crippen LogP contribution is 2.40. The minimum atomic E-state index is -5.91. The molecule has 1 aromatic rings. The molecule has 3 nitrogen and oxygen atoms in total. The molecule has 0 saturated carbocycles. The molecule has 1 N–H and O–H groups in total. The van der Waals surface area contributed by atoms with E-state index in [1.807, 2.05) is 0 Å². The standard InChI is InChI=1S/C9H6F5NO2/c10-8(7(16)17,9(11,12)13)15(14)6-4-2-1-3-5-6/h1-5H,(H,16,17)/t8-/m1/s1. The number of carbonyl (C=O) groups is 1. The third-order valence-electron chi connectivity index (χ3n) is 1.91. The second-order valence-corrected chi connectivity index (χ2v) is 3.04. The van der Waals surface area contributed by atoms with Gasteiger partial charge in [-0.05, 0) is 12.1 Å². The van der Waals surface area contributed by atoms with Crippen LogP contribution < -0.4 is 5.12 Å². The van der Waals surface area contributed by atoms with Gasteiger partial charge < -0.3 is 5.11 Å². The van der Waals surface area contributed by atoms with Crippen molar-refractivity contribution < 1.29 is 31.9 Å². The van der Waals surface area contributed by atoms with Crippen molar-refractivity contribution in [3.8, 4) is 0 Å². The zero-order chi connectivity index (χ0) is 13.3. The van der Waals surface area contributed by atoms with E-state index in [4.69, 9.17) is 5.11 Å². The Kier molecular flexibility index (Phi) is 3.25. The van der Waals surface area contributed by atoms with E-state index in [0.29, 0.717) is 0 Å². The summed E-state index contributed by atoms with van der Waals surface area (Å²) in [6, 6.07) is 5.25. The lowest BCUT2D eigenvalue weighted by atomic mass is 10.2. The van der Waals surface area contributed by atoms with Crippen LogP contribution in [-0.4, -0.2) is 23.0 Å². The van der Waals surface area contributed by atoms with E-state index in [1.54, 1.807) is 0 Å². The Bertz CT molecular complexity index is 408. The van der Waals surface area contributed by atoms with Crippen LogP contribution in [0.3, 0.4) is 0 Å². The van der Waals surface area contributed by atoms with Gasteiger partial charge >= 0.3 is 17.9 Å². The van der Waals surface area contributed by atoms with Crippen LogP contribution in [0.25, 0.3) is 0 Å². The van der Waals surface area contributed by atoms with Crippen molar-refractivity contribution in [2.24, 2.45) is 0 Å². The zero-order valence-corrected chi connectivity index (χ0v) is 8.08. The number of nitrogens with zero attached hydrogens (tertiary/aromatic N) is 1. The molecule has 0 spiro atoms. The molecule has 0 aliphatic carbocycles. The van der Waals surface area contributed by atoms with Crippen LogP contribution in [0, 0.1) is 0 Å². The van der Waals surface area contributed by atoms with Crippen molar-refractivity contribution in [2.45, 2.75) is 12.0 Å². The Morgan fingerprint density at radius 1 is 1.12 bits per heavy atom. The Morgan fingerprint density at radius 2 is 1.59 bits per heavy atom. The smallest absolute Gasteiger partial charge is 0.456 e. The molecule has 17 heavy (non-hydrogen) atoms. The highest BCUT2D eigenvalue weighted by molar-refractivity contribution is 5.82. The van der Waals surface area contributed by atoms with Gasteiger partial charge in [-0.3, -0.25) is 0 Å². The quantitative estimate of drug-likeness (QED) is 0.513. The lowest BCUT2D eigenvalue weighted by Gasteiger charge is -2.29.